The van der Waals surface area contributed by atoms with Gasteiger partial charge in [0.1, 0.15) is 5.75 Å². The van der Waals surface area contributed by atoms with Crippen LogP contribution >= 0.6 is 0 Å². The number of nitrogens with one attached hydrogen (secondary N) is 2. The molecular formula is C20H26N2O3S. The first-order chi connectivity index (χ1) is 12.5. The van der Waals surface area contributed by atoms with Crippen molar-refractivity contribution in [3.63, 3.8) is 0 Å². The third kappa shape index (κ3) is 4.49. The molecule has 0 radical (unpaired) electrons. The summed E-state index contributed by atoms with van der Waals surface area (Å²) in [6, 6.07) is 12.9. The van der Waals surface area contributed by atoms with Crippen molar-refractivity contribution in [1.82, 2.24) is 0 Å². The van der Waals surface area contributed by atoms with Gasteiger partial charge in [-0.05, 0) is 67.8 Å². The van der Waals surface area contributed by atoms with Crippen molar-refractivity contribution in [3.05, 3.63) is 48.0 Å². The third-order valence-electron chi connectivity index (χ3n) is 4.78. The van der Waals surface area contributed by atoms with Crippen LogP contribution in [0.25, 0.3) is 0 Å². The second-order valence-corrected chi connectivity index (χ2v) is 8.44. The molecule has 0 bridgehead atoms. The van der Waals surface area contributed by atoms with Crippen LogP contribution in [0, 0.1) is 6.92 Å². The van der Waals surface area contributed by atoms with E-state index in [0.717, 1.165) is 5.69 Å². The minimum Gasteiger partial charge on any atom is -0.497 e. The Morgan fingerprint density at radius 3 is 2.23 bits per heavy atom. The van der Waals surface area contributed by atoms with Gasteiger partial charge >= 0.3 is 0 Å². The Kier molecular flexibility index (Phi) is 5.71. The minimum atomic E-state index is -3.63. The van der Waals surface area contributed by atoms with Crippen molar-refractivity contribution >= 4 is 21.4 Å². The van der Waals surface area contributed by atoms with Crippen LogP contribution in [0.5, 0.6) is 5.75 Å². The normalized spacial score (nSPS) is 15.5. The van der Waals surface area contributed by atoms with E-state index in [9.17, 15) is 8.42 Å². The number of rotatable bonds is 6. The van der Waals surface area contributed by atoms with Crippen molar-refractivity contribution in [3.8, 4) is 5.75 Å². The minimum absolute atomic E-state index is 0.253. The monoisotopic (exact) mass is 374 g/mol. The van der Waals surface area contributed by atoms with Gasteiger partial charge in [-0.15, -0.1) is 0 Å². The maximum Gasteiger partial charge on any atom is 0.262 e. The molecule has 3 rings (SSSR count). The molecule has 0 unspecified atom stereocenters. The van der Waals surface area contributed by atoms with E-state index >= 15 is 0 Å². The van der Waals surface area contributed by atoms with Gasteiger partial charge < -0.3 is 10.1 Å². The van der Waals surface area contributed by atoms with E-state index in [4.69, 9.17) is 4.74 Å². The van der Waals surface area contributed by atoms with Crippen LogP contribution in [0.1, 0.15) is 37.7 Å². The van der Waals surface area contributed by atoms with Gasteiger partial charge in [0, 0.05) is 17.4 Å². The van der Waals surface area contributed by atoms with Crippen molar-refractivity contribution in [2.75, 3.05) is 17.1 Å². The van der Waals surface area contributed by atoms with Crippen LogP contribution in [0.4, 0.5) is 11.4 Å². The first-order valence-corrected chi connectivity index (χ1v) is 10.5. The molecule has 1 fully saturated rings. The van der Waals surface area contributed by atoms with E-state index in [0.29, 0.717) is 23.0 Å². The lowest BCUT2D eigenvalue weighted by molar-refractivity contribution is 0.414. The Balaban J connectivity index is 1.69. The molecule has 0 atom stereocenters. The largest absolute Gasteiger partial charge is 0.497 e. The van der Waals surface area contributed by atoms with Gasteiger partial charge in [0.25, 0.3) is 10.0 Å². The number of benzene rings is 2. The molecule has 2 aromatic rings. The van der Waals surface area contributed by atoms with E-state index in [1.165, 1.54) is 32.1 Å². The molecule has 0 aliphatic heterocycles. The smallest absolute Gasteiger partial charge is 0.262 e. The summed E-state index contributed by atoms with van der Waals surface area (Å²) in [6.45, 7) is 1.76. The molecule has 2 N–H and O–H groups in total. The predicted molar refractivity (Wildman–Crippen MR) is 105 cm³/mol. The highest BCUT2D eigenvalue weighted by molar-refractivity contribution is 7.92. The maximum absolute atomic E-state index is 12.7. The summed E-state index contributed by atoms with van der Waals surface area (Å²) in [7, 11) is -2.08. The fourth-order valence-electron chi connectivity index (χ4n) is 3.38. The van der Waals surface area contributed by atoms with Crippen molar-refractivity contribution in [1.29, 1.82) is 0 Å². The molecule has 6 heteroatoms. The lowest BCUT2D eigenvalue weighted by atomic mass is 9.95. The van der Waals surface area contributed by atoms with Gasteiger partial charge in [-0.1, -0.05) is 19.3 Å². The number of hydrogen-bond acceptors (Lipinski definition) is 4. The molecule has 0 heterocycles. The molecule has 0 saturated heterocycles. The summed E-state index contributed by atoms with van der Waals surface area (Å²) >= 11 is 0. The number of sulfonamides is 1. The lowest BCUT2D eigenvalue weighted by Gasteiger charge is -2.24. The van der Waals surface area contributed by atoms with E-state index in [2.05, 4.69) is 10.0 Å². The van der Waals surface area contributed by atoms with Crippen LogP contribution < -0.4 is 14.8 Å². The molecule has 2 aromatic carbocycles. The van der Waals surface area contributed by atoms with E-state index in [1.54, 1.807) is 44.4 Å². The summed E-state index contributed by atoms with van der Waals surface area (Å²) < 4.78 is 33.1. The number of ether oxygens (including phenoxy) is 1. The van der Waals surface area contributed by atoms with Gasteiger partial charge in [0.2, 0.25) is 0 Å². The summed E-state index contributed by atoms with van der Waals surface area (Å²) in [6.07, 6.45) is 6.27. The summed E-state index contributed by atoms with van der Waals surface area (Å²) in [5, 5.41) is 3.53. The fourth-order valence-corrected chi connectivity index (χ4v) is 4.66. The summed E-state index contributed by atoms with van der Waals surface area (Å²) in [4.78, 5) is 0.253. The number of hydrogen-bond donors (Lipinski definition) is 2. The highest BCUT2D eigenvalue weighted by Crippen LogP contribution is 2.25. The molecule has 1 aliphatic rings. The number of methoxy groups -OCH3 is 1. The zero-order valence-electron chi connectivity index (χ0n) is 15.3. The van der Waals surface area contributed by atoms with Crippen molar-refractivity contribution < 1.29 is 13.2 Å². The van der Waals surface area contributed by atoms with E-state index in [1.807, 2.05) is 12.1 Å². The molecule has 140 valence electrons. The van der Waals surface area contributed by atoms with E-state index < -0.39 is 10.0 Å². The number of anilines is 2. The first-order valence-electron chi connectivity index (χ1n) is 9.02. The van der Waals surface area contributed by atoms with Gasteiger partial charge in [-0.2, -0.15) is 0 Å². The van der Waals surface area contributed by atoms with Crippen molar-refractivity contribution in [2.24, 2.45) is 0 Å². The standard InChI is InChI=1S/C20H26N2O3S/c1-15-14-19(25-2)12-13-20(15)26(23,24)22-18-10-8-17(9-11-18)21-16-6-4-3-5-7-16/h8-14,16,21-22H,3-7H2,1-2H3. The topological polar surface area (TPSA) is 67.4 Å². The lowest BCUT2D eigenvalue weighted by Crippen LogP contribution is -2.22. The molecule has 0 amide bonds. The van der Waals surface area contributed by atoms with Gasteiger partial charge in [0.15, 0.2) is 0 Å². The average molecular weight is 375 g/mol. The number of aryl methyl sites for hydroxylation is 1. The van der Waals surface area contributed by atoms with Crippen LogP contribution in [-0.4, -0.2) is 21.6 Å². The van der Waals surface area contributed by atoms with Gasteiger partial charge in [-0.25, -0.2) is 8.42 Å². The fraction of sp³-hybridized carbons (Fsp3) is 0.400. The molecule has 1 saturated carbocycles. The van der Waals surface area contributed by atoms with E-state index in [-0.39, 0.29) is 4.90 Å². The Hall–Kier alpha value is -2.21. The molecular weight excluding hydrogens is 348 g/mol. The second kappa shape index (κ2) is 7.99. The summed E-state index contributed by atoms with van der Waals surface area (Å²) in [5.74, 6) is 0.639. The van der Waals surface area contributed by atoms with Crippen LogP contribution in [0.2, 0.25) is 0 Å². The molecule has 0 spiro atoms. The second-order valence-electron chi connectivity index (χ2n) is 6.79. The molecule has 1 aliphatic carbocycles. The zero-order chi connectivity index (χ0) is 18.6. The first kappa shape index (κ1) is 18.6. The average Bonchev–Trinajstić information content (AvgIpc) is 2.63. The van der Waals surface area contributed by atoms with Crippen LogP contribution in [-0.2, 0) is 10.0 Å². The van der Waals surface area contributed by atoms with Gasteiger partial charge in [0.05, 0.1) is 12.0 Å². The highest BCUT2D eigenvalue weighted by atomic mass is 32.2. The Labute approximate surface area is 155 Å². The van der Waals surface area contributed by atoms with Crippen molar-refractivity contribution in [2.45, 2.75) is 50.0 Å². The van der Waals surface area contributed by atoms with Crippen LogP contribution in [0.3, 0.4) is 0 Å². The predicted octanol–water partition coefficient (Wildman–Crippen LogP) is 4.55. The Morgan fingerprint density at radius 1 is 0.962 bits per heavy atom. The zero-order valence-corrected chi connectivity index (χ0v) is 16.1. The maximum atomic E-state index is 12.7. The quantitative estimate of drug-likeness (QED) is 0.778. The third-order valence-corrected chi connectivity index (χ3v) is 6.33. The molecule has 0 aromatic heterocycles. The SMILES string of the molecule is COc1ccc(S(=O)(=O)Nc2ccc(NC3CCCCC3)cc2)c(C)c1. The highest BCUT2D eigenvalue weighted by Gasteiger charge is 2.18. The molecule has 5 nitrogen and oxygen atoms in total. The van der Waals surface area contributed by atoms with Gasteiger partial charge in [-0.3, -0.25) is 4.72 Å². The van der Waals surface area contributed by atoms with Crippen LogP contribution in [0.15, 0.2) is 47.4 Å². The summed E-state index contributed by atoms with van der Waals surface area (Å²) in [5.41, 5.74) is 2.22. The Morgan fingerprint density at radius 2 is 1.62 bits per heavy atom. The molecule has 26 heavy (non-hydrogen) atoms. The Bertz CT molecular complexity index is 842.